The number of hydrogen-bond acceptors (Lipinski definition) is 7. The van der Waals surface area contributed by atoms with Crippen LogP contribution >= 0.6 is 23.1 Å². The lowest BCUT2D eigenvalue weighted by Crippen LogP contribution is -2.13. The van der Waals surface area contributed by atoms with Gasteiger partial charge in [-0.1, -0.05) is 42.5 Å². The second-order valence-electron chi connectivity index (χ2n) is 8.01. The Morgan fingerprint density at radius 2 is 1.58 bits per heavy atom. The highest BCUT2D eigenvalue weighted by atomic mass is 32.1. The molecule has 0 saturated heterocycles. The van der Waals surface area contributed by atoms with E-state index in [2.05, 4.69) is 8.75 Å². The number of carbonyl (C=O) groups excluding carboxylic acids is 1. The molecule has 8 heteroatoms. The molecule has 0 atom stereocenters. The molecule has 0 aliphatic rings. The summed E-state index contributed by atoms with van der Waals surface area (Å²) in [4.78, 5) is 27.1. The van der Waals surface area contributed by atoms with Gasteiger partial charge in [-0.25, -0.2) is 4.79 Å². The first-order valence-electron chi connectivity index (χ1n) is 11.1. The van der Waals surface area contributed by atoms with Crippen LogP contribution in [-0.4, -0.2) is 25.6 Å². The molecule has 0 bridgehead atoms. The summed E-state index contributed by atoms with van der Waals surface area (Å²) in [7, 11) is 0. The van der Waals surface area contributed by atoms with Crippen LogP contribution in [0.5, 0.6) is 5.75 Å². The van der Waals surface area contributed by atoms with Crippen molar-refractivity contribution in [3.8, 4) is 5.75 Å². The van der Waals surface area contributed by atoms with Crippen LogP contribution in [0.3, 0.4) is 0 Å². The molecular formula is C28H20N2O4S2. The summed E-state index contributed by atoms with van der Waals surface area (Å²) in [6.45, 7) is 0.411. The van der Waals surface area contributed by atoms with E-state index in [0.717, 1.165) is 22.2 Å². The highest BCUT2D eigenvalue weighted by Crippen LogP contribution is 2.29. The summed E-state index contributed by atoms with van der Waals surface area (Å²) < 4.78 is 14.2. The SMILES string of the molecule is O=C(O)C(=C(Cc1cccs1)C(=O)c1ccc(OCc2ccccc2)cc1)c1ccc2nsnc2c1. The predicted octanol–water partition coefficient (Wildman–Crippen LogP) is 6.30. The number of Topliss-reactive ketones (excluding diaryl/α,β-unsaturated/α-hetero) is 1. The van der Waals surface area contributed by atoms with E-state index < -0.39 is 5.97 Å². The van der Waals surface area contributed by atoms with Crippen molar-refractivity contribution in [3.63, 3.8) is 0 Å². The highest BCUT2D eigenvalue weighted by molar-refractivity contribution is 7.09. The monoisotopic (exact) mass is 512 g/mol. The third-order valence-electron chi connectivity index (χ3n) is 5.63. The van der Waals surface area contributed by atoms with Crippen LogP contribution < -0.4 is 4.74 Å². The van der Waals surface area contributed by atoms with Gasteiger partial charge in [0.05, 0.1) is 17.3 Å². The van der Waals surface area contributed by atoms with E-state index in [1.165, 1.54) is 11.3 Å². The Morgan fingerprint density at radius 3 is 2.31 bits per heavy atom. The second kappa shape index (κ2) is 10.6. The first-order valence-corrected chi connectivity index (χ1v) is 12.7. The quantitative estimate of drug-likeness (QED) is 0.184. The molecule has 1 N–H and O–H groups in total. The lowest BCUT2D eigenvalue weighted by molar-refractivity contribution is -0.130. The first kappa shape index (κ1) is 23.6. The average molecular weight is 513 g/mol. The zero-order chi connectivity index (χ0) is 24.9. The fraction of sp³-hybridized carbons (Fsp3) is 0.0714. The Balaban J connectivity index is 1.49. The van der Waals surface area contributed by atoms with Gasteiger partial charge in [-0.05, 0) is 59.0 Å². The van der Waals surface area contributed by atoms with Gasteiger partial charge in [0.1, 0.15) is 23.4 Å². The zero-order valence-electron chi connectivity index (χ0n) is 19.0. The summed E-state index contributed by atoms with van der Waals surface area (Å²) in [6.07, 6.45) is 0.206. The number of ether oxygens (including phenoxy) is 1. The standard InChI is InChI=1S/C28H20N2O4S2/c31-27(19-8-11-21(12-9-19)34-17-18-5-2-1-3-6-18)23(16-22-7-4-14-35-22)26(28(32)33)20-10-13-24-25(15-20)30-36-29-24/h1-15H,16-17H2,(H,32,33). The number of carbonyl (C=O) groups is 2. The van der Waals surface area contributed by atoms with Gasteiger partial charge in [-0.15, -0.1) is 11.3 Å². The number of ketones is 1. The van der Waals surface area contributed by atoms with E-state index in [9.17, 15) is 14.7 Å². The Morgan fingerprint density at radius 1 is 0.833 bits per heavy atom. The number of carboxylic acids is 1. The Hall–Kier alpha value is -4.14. The molecule has 0 fully saturated rings. The van der Waals surface area contributed by atoms with Gasteiger partial charge in [0.25, 0.3) is 0 Å². The van der Waals surface area contributed by atoms with Gasteiger partial charge in [-0.3, -0.25) is 4.79 Å². The molecule has 5 rings (SSSR count). The van der Waals surface area contributed by atoms with Crippen LogP contribution in [0.1, 0.15) is 26.4 Å². The van der Waals surface area contributed by atoms with Crippen molar-refractivity contribution in [1.82, 2.24) is 8.75 Å². The normalized spacial score (nSPS) is 11.8. The van der Waals surface area contributed by atoms with Crippen LogP contribution in [0.2, 0.25) is 0 Å². The van der Waals surface area contributed by atoms with Gasteiger partial charge < -0.3 is 9.84 Å². The summed E-state index contributed by atoms with van der Waals surface area (Å²) in [5.41, 5.74) is 3.31. The zero-order valence-corrected chi connectivity index (χ0v) is 20.6. The molecule has 0 radical (unpaired) electrons. The van der Waals surface area contributed by atoms with Gasteiger partial charge in [0.2, 0.25) is 0 Å². The maximum absolute atomic E-state index is 13.7. The molecule has 0 spiro atoms. The molecule has 0 amide bonds. The van der Waals surface area contributed by atoms with E-state index >= 15 is 0 Å². The van der Waals surface area contributed by atoms with E-state index in [-0.39, 0.29) is 23.4 Å². The van der Waals surface area contributed by atoms with Gasteiger partial charge in [0.15, 0.2) is 5.78 Å². The number of aliphatic carboxylic acids is 1. The smallest absolute Gasteiger partial charge is 0.336 e. The molecule has 0 unspecified atom stereocenters. The predicted molar refractivity (Wildman–Crippen MR) is 142 cm³/mol. The molecule has 5 aromatic rings. The summed E-state index contributed by atoms with van der Waals surface area (Å²) in [6, 6.07) is 25.5. The maximum atomic E-state index is 13.7. The lowest BCUT2D eigenvalue weighted by atomic mass is 9.91. The molecule has 2 heterocycles. The Labute approximate surface area is 215 Å². The topological polar surface area (TPSA) is 89.4 Å². The molecule has 0 saturated carbocycles. The minimum absolute atomic E-state index is 0.0345. The van der Waals surface area contributed by atoms with Crippen molar-refractivity contribution in [2.24, 2.45) is 0 Å². The number of allylic oxidation sites excluding steroid dienone is 1. The number of thiophene rings is 1. The minimum atomic E-state index is -1.17. The lowest BCUT2D eigenvalue weighted by Gasteiger charge is -2.13. The summed E-state index contributed by atoms with van der Waals surface area (Å²) in [5.74, 6) is -0.883. The van der Waals surface area contributed by atoms with E-state index in [4.69, 9.17) is 4.74 Å². The number of benzene rings is 3. The van der Waals surface area contributed by atoms with Crippen LogP contribution in [0.4, 0.5) is 0 Å². The number of nitrogens with zero attached hydrogens (tertiary/aromatic N) is 2. The van der Waals surface area contributed by atoms with E-state index in [1.54, 1.807) is 42.5 Å². The fourth-order valence-electron chi connectivity index (χ4n) is 3.85. The number of aromatic nitrogens is 2. The average Bonchev–Trinajstić information content (AvgIpc) is 3.59. The number of carboxylic acid groups (broad SMARTS) is 1. The van der Waals surface area contributed by atoms with Crippen molar-refractivity contribution < 1.29 is 19.4 Å². The van der Waals surface area contributed by atoms with Crippen LogP contribution in [0, 0.1) is 0 Å². The van der Waals surface area contributed by atoms with Gasteiger partial charge in [-0.2, -0.15) is 8.75 Å². The maximum Gasteiger partial charge on any atom is 0.336 e. The van der Waals surface area contributed by atoms with E-state index in [0.29, 0.717) is 34.5 Å². The number of fused-ring (bicyclic) bond motifs is 1. The fourth-order valence-corrected chi connectivity index (χ4v) is 5.09. The van der Waals surface area contributed by atoms with Crippen molar-refractivity contribution in [1.29, 1.82) is 0 Å². The van der Waals surface area contributed by atoms with Gasteiger partial charge >= 0.3 is 5.97 Å². The highest BCUT2D eigenvalue weighted by Gasteiger charge is 2.24. The third-order valence-corrected chi connectivity index (χ3v) is 7.06. The third kappa shape index (κ3) is 5.25. The van der Waals surface area contributed by atoms with E-state index in [1.807, 2.05) is 47.8 Å². The molecule has 178 valence electrons. The molecule has 36 heavy (non-hydrogen) atoms. The first-order chi connectivity index (χ1) is 17.6. The Kier molecular flexibility index (Phi) is 6.97. The Bertz CT molecular complexity index is 1540. The largest absolute Gasteiger partial charge is 0.489 e. The number of hydrogen-bond donors (Lipinski definition) is 1. The molecular weight excluding hydrogens is 492 g/mol. The van der Waals surface area contributed by atoms with Crippen molar-refractivity contribution in [2.75, 3.05) is 0 Å². The molecule has 6 nitrogen and oxygen atoms in total. The summed E-state index contributed by atoms with van der Waals surface area (Å²) in [5, 5.41) is 12.1. The molecule has 0 aliphatic heterocycles. The van der Waals surface area contributed by atoms with Crippen molar-refractivity contribution in [2.45, 2.75) is 13.0 Å². The van der Waals surface area contributed by atoms with Crippen molar-refractivity contribution >= 4 is 51.4 Å². The minimum Gasteiger partial charge on any atom is -0.489 e. The number of rotatable bonds is 9. The molecule has 0 aliphatic carbocycles. The molecule has 3 aromatic carbocycles. The van der Waals surface area contributed by atoms with Crippen molar-refractivity contribution in [3.05, 3.63) is 117 Å². The van der Waals surface area contributed by atoms with Crippen LogP contribution in [0.25, 0.3) is 16.6 Å². The molecule has 2 aromatic heterocycles. The van der Waals surface area contributed by atoms with Gasteiger partial charge in [0, 0.05) is 22.4 Å². The second-order valence-corrected chi connectivity index (χ2v) is 9.57. The van der Waals surface area contributed by atoms with Crippen LogP contribution in [-0.2, 0) is 17.8 Å². The summed E-state index contributed by atoms with van der Waals surface area (Å²) >= 11 is 2.54. The van der Waals surface area contributed by atoms with Crippen LogP contribution in [0.15, 0.2) is 95.9 Å².